The number of hydrogen-bond acceptors (Lipinski definition) is 5. The van der Waals surface area contributed by atoms with E-state index in [-0.39, 0.29) is 6.10 Å². The van der Waals surface area contributed by atoms with E-state index >= 15 is 0 Å². The second kappa shape index (κ2) is 5.93. The molecule has 0 aromatic heterocycles. The van der Waals surface area contributed by atoms with Crippen LogP contribution in [0.1, 0.15) is 19.8 Å². The van der Waals surface area contributed by atoms with Crippen LogP contribution in [0.5, 0.6) is 0 Å². The fourth-order valence-electron chi connectivity index (χ4n) is 0.849. The Morgan fingerprint density at radius 1 is 1.46 bits per heavy atom. The van der Waals surface area contributed by atoms with Gasteiger partial charge in [0, 0.05) is 0 Å². The molecule has 0 spiro atoms. The number of hydrogen-bond donors (Lipinski definition) is 0. The van der Waals surface area contributed by atoms with Crippen molar-refractivity contribution in [3.8, 4) is 0 Å². The minimum Gasteiger partial charge on any atom is -0.468 e. The minimum absolute atomic E-state index is 0.293. The van der Waals surface area contributed by atoms with Crippen molar-refractivity contribution < 1.29 is 22.1 Å². The Kier molecular flexibility index (Phi) is 5.65. The van der Waals surface area contributed by atoms with E-state index in [1.807, 2.05) is 0 Å². The zero-order valence-corrected chi connectivity index (χ0v) is 8.54. The van der Waals surface area contributed by atoms with Crippen molar-refractivity contribution in [2.45, 2.75) is 25.9 Å². The summed E-state index contributed by atoms with van der Waals surface area (Å²) in [6.45, 7) is 2.31. The molecule has 1 atom stereocenters. The highest BCUT2D eigenvalue weighted by Crippen LogP contribution is 2.04. The molecule has 0 rings (SSSR count). The third-order valence-electron chi connectivity index (χ3n) is 1.28. The van der Waals surface area contributed by atoms with Gasteiger partial charge in [-0.3, -0.25) is 8.98 Å². The summed E-state index contributed by atoms with van der Waals surface area (Å²) in [5, 5.41) is 0. The van der Waals surface area contributed by atoms with Crippen molar-refractivity contribution in [2.75, 3.05) is 12.9 Å². The number of carbonyl (C=O) groups excluding carboxylic acids is 1. The first-order valence-electron chi connectivity index (χ1n) is 3.89. The van der Waals surface area contributed by atoms with Gasteiger partial charge in [-0.25, -0.2) is 0 Å². The topological polar surface area (TPSA) is 69.7 Å². The first-order chi connectivity index (χ1) is 5.95. The summed E-state index contributed by atoms with van der Waals surface area (Å²) < 4.78 is 30.3. The maximum Gasteiger partial charge on any atom is 0.293 e. The Bertz CT molecular complexity index is 233. The average molecular weight is 210 g/mol. The smallest absolute Gasteiger partial charge is 0.293 e. The predicted octanol–water partition coefficient (Wildman–Crippen LogP) is 0.304. The third kappa shape index (κ3) is 9.29. The zero-order valence-electron chi connectivity index (χ0n) is 7.73. The van der Waals surface area contributed by atoms with Gasteiger partial charge in [-0.15, -0.1) is 0 Å². The molecule has 0 fully saturated rings. The summed E-state index contributed by atoms with van der Waals surface area (Å²) in [4.78, 5) is 9.73. The van der Waals surface area contributed by atoms with Crippen LogP contribution in [0, 0.1) is 0 Å². The summed E-state index contributed by atoms with van der Waals surface area (Å²) in [6.07, 6.45) is 1.77. The Balaban J connectivity index is 3.52. The van der Waals surface area contributed by atoms with E-state index in [0.717, 1.165) is 6.26 Å². The van der Waals surface area contributed by atoms with Crippen molar-refractivity contribution in [3.63, 3.8) is 0 Å². The molecule has 0 aromatic rings. The van der Waals surface area contributed by atoms with Gasteiger partial charge in [-0.1, -0.05) is 0 Å². The lowest BCUT2D eigenvalue weighted by Gasteiger charge is -2.09. The zero-order chi connectivity index (χ0) is 10.3. The van der Waals surface area contributed by atoms with Gasteiger partial charge in [-0.2, -0.15) is 8.42 Å². The van der Waals surface area contributed by atoms with Gasteiger partial charge in [0.15, 0.2) is 0 Å². The van der Waals surface area contributed by atoms with E-state index in [2.05, 4.69) is 8.92 Å². The van der Waals surface area contributed by atoms with Crippen LogP contribution in [-0.4, -0.2) is 33.9 Å². The van der Waals surface area contributed by atoms with Crippen LogP contribution >= 0.6 is 0 Å². The van der Waals surface area contributed by atoms with Crippen molar-refractivity contribution in [1.82, 2.24) is 0 Å². The molecule has 0 amide bonds. The van der Waals surface area contributed by atoms with Gasteiger partial charge >= 0.3 is 0 Å². The quantitative estimate of drug-likeness (QED) is 0.343. The lowest BCUT2D eigenvalue weighted by molar-refractivity contribution is -0.128. The summed E-state index contributed by atoms with van der Waals surface area (Å²) >= 11 is 0. The number of carbonyl (C=O) groups is 1. The summed E-state index contributed by atoms with van der Waals surface area (Å²) in [6, 6.07) is 0. The molecule has 13 heavy (non-hydrogen) atoms. The Labute approximate surface area is 78.2 Å². The van der Waals surface area contributed by atoms with Gasteiger partial charge in [0.1, 0.15) is 0 Å². The van der Waals surface area contributed by atoms with Crippen LogP contribution < -0.4 is 0 Å². The Morgan fingerprint density at radius 2 is 2.08 bits per heavy atom. The molecular weight excluding hydrogens is 196 g/mol. The largest absolute Gasteiger partial charge is 0.468 e. The number of ether oxygens (including phenoxy) is 1. The van der Waals surface area contributed by atoms with E-state index in [4.69, 9.17) is 0 Å². The standard InChI is InChI=1S/C7H14O5S/c1-7(12-13(2,9)10)4-3-5-11-6-8/h6-7H,3-5H2,1-2H3. The normalized spacial score (nSPS) is 13.7. The summed E-state index contributed by atoms with van der Waals surface area (Å²) in [7, 11) is -3.38. The van der Waals surface area contributed by atoms with Crippen LogP contribution in [0.2, 0.25) is 0 Å². The van der Waals surface area contributed by atoms with Crippen molar-refractivity contribution in [3.05, 3.63) is 0 Å². The molecule has 78 valence electrons. The summed E-state index contributed by atoms with van der Waals surface area (Å²) in [5.74, 6) is 0. The molecule has 5 nitrogen and oxygen atoms in total. The summed E-state index contributed by atoms with van der Waals surface area (Å²) in [5.41, 5.74) is 0. The fraction of sp³-hybridized carbons (Fsp3) is 0.857. The molecule has 0 aliphatic heterocycles. The highest BCUT2D eigenvalue weighted by molar-refractivity contribution is 7.86. The monoisotopic (exact) mass is 210 g/mol. The lowest BCUT2D eigenvalue weighted by Crippen LogP contribution is -2.14. The van der Waals surface area contributed by atoms with Gasteiger partial charge in [0.2, 0.25) is 0 Å². The van der Waals surface area contributed by atoms with Crippen LogP contribution in [0.25, 0.3) is 0 Å². The Morgan fingerprint density at radius 3 is 2.54 bits per heavy atom. The predicted molar refractivity (Wildman–Crippen MR) is 46.6 cm³/mol. The highest BCUT2D eigenvalue weighted by atomic mass is 32.2. The van der Waals surface area contributed by atoms with E-state index < -0.39 is 10.1 Å². The van der Waals surface area contributed by atoms with Crippen LogP contribution in [-0.2, 0) is 23.8 Å². The minimum atomic E-state index is -3.38. The molecule has 0 saturated carbocycles. The average Bonchev–Trinajstić information content (AvgIpc) is 1.94. The fourth-order valence-corrected chi connectivity index (χ4v) is 1.54. The molecule has 0 radical (unpaired) electrons. The van der Waals surface area contributed by atoms with Crippen molar-refractivity contribution in [2.24, 2.45) is 0 Å². The van der Waals surface area contributed by atoms with E-state index in [1.165, 1.54) is 0 Å². The molecule has 0 aliphatic carbocycles. The second-order valence-corrected chi connectivity index (χ2v) is 4.32. The number of rotatable bonds is 7. The first kappa shape index (κ1) is 12.4. The van der Waals surface area contributed by atoms with Gasteiger partial charge in [-0.05, 0) is 19.8 Å². The van der Waals surface area contributed by atoms with Crippen molar-refractivity contribution in [1.29, 1.82) is 0 Å². The molecule has 0 aliphatic rings. The van der Waals surface area contributed by atoms with E-state index in [9.17, 15) is 13.2 Å². The van der Waals surface area contributed by atoms with Crippen LogP contribution in [0.3, 0.4) is 0 Å². The Hall–Kier alpha value is -0.620. The van der Waals surface area contributed by atoms with Gasteiger partial charge in [0.25, 0.3) is 16.6 Å². The molecule has 0 bridgehead atoms. The van der Waals surface area contributed by atoms with Crippen molar-refractivity contribution >= 4 is 16.6 Å². The SMILES string of the molecule is CC(CCCOC=O)OS(C)(=O)=O. The molecule has 1 unspecified atom stereocenters. The third-order valence-corrected chi connectivity index (χ3v) is 1.96. The van der Waals surface area contributed by atoms with E-state index in [1.54, 1.807) is 6.92 Å². The maximum atomic E-state index is 10.6. The second-order valence-electron chi connectivity index (χ2n) is 2.72. The molecule has 6 heteroatoms. The van der Waals surface area contributed by atoms with Crippen LogP contribution in [0.15, 0.2) is 0 Å². The molecular formula is C7H14O5S. The lowest BCUT2D eigenvalue weighted by atomic mass is 10.2. The molecule has 0 heterocycles. The first-order valence-corrected chi connectivity index (χ1v) is 5.71. The molecule has 0 aromatic carbocycles. The van der Waals surface area contributed by atoms with Gasteiger partial charge in [0.05, 0.1) is 19.0 Å². The maximum absolute atomic E-state index is 10.6. The van der Waals surface area contributed by atoms with Crippen LogP contribution in [0.4, 0.5) is 0 Å². The van der Waals surface area contributed by atoms with E-state index in [0.29, 0.717) is 25.9 Å². The van der Waals surface area contributed by atoms with Gasteiger partial charge < -0.3 is 4.74 Å². The molecule has 0 saturated heterocycles. The molecule has 0 N–H and O–H groups in total. The highest BCUT2D eigenvalue weighted by Gasteiger charge is 2.09.